The largest absolute Gasteiger partial charge is 0.357 e. The van der Waals surface area contributed by atoms with Gasteiger partial charge in [-0.1, -0.05) is 5.21 Å². The number of pyridine rings is 1. The molecule has 2 heterocycles. The molecule has 0 bridgehead atoms. The molecule has 124 valence electrons. The summed E-state index contributed by atoms with van der Waals surface area (Å²) in [4.78, 5) is 18.9. The molecule has 0 aliphatic carbocycles. The molecule has 1 N–H and O–H groups in total. The second kappa shape index (κ2) is 6.66. The van der Waals surface area contributed by atoms with Crippen molar-refractivity contribution in [1.82, 2.24) is 20.0 Å². The summed E-state index contributed by atoms with van der Waals surface area (Å²) in [5.41, 5.74) is 2.78. The summed E-state index contributed by atoms with van der Waals surface area (Å²) in [6.07, 6.45) is 1.67. The fraction of sp³-hybridized carbons (Fsp3) is 0.294. The Morgan fingerprint density at radius 2 is 2.00 bits per heavy atom. The van der Waals surface area contributed by atoms with Gasteiger partial charge >= 0.3 is 0 Å². The number of rotatable bonds is 5. The molecule has 1 aromatic carbocycles. The number of carbonyl (C=O) groups excluding carboxylic acids is 1. The molecule has 1 amide bonds. The Hall–Kier alpha value is -2.96. The second-order valence-electron chi connectivity index (χ2n) is 5.45. The van der Waals surface area contributed by atoms with Crippen LogP contribution in [0.3, 0.4) is 0 Å². The van der Waals surface area contributed by atoms with Crippen molar-refractivity contribution < 1.29 is 4.79 Å². The summed E-state index contributed by atoms with van der Waals surface area (Å²) < 4.78 is 1.67. The van der Waals surface area contributed by atoms with Gasteiger partial charge in [0.25, 0.3) is 5.91 Å². The summed E-state index contributed by atoms with van der Waals surface area (Å²) in [6, 6.07) is 9.11. The number of nitrogens with one attached hydrogen (secondary N) is 1. The monoisotopic (exact) mass is 324 g/mol. The Morgan fingerprint density at radius 3 is 2.67 bits per heavy atom. The minimum absolute atomic E-state index is 0.194. The fourth-order valence-corrected chi connectivity index (χ4v) is 2.58. The molecule has 0 spiro atoms. The lowest BCUT2D eigenvalue weighted by Gasteiger charge is -2.19. The second-order valence-corrected chi connectivity index (χ2v) is 5.45. The van der Waals surface area contributed by atoms with Crippen molar-refractivity contribution in [1.29, 1.82) is 0 Å². The van der Waals surface area contributed by atoms with Crippen LogP contribution in [0.2, 0.25) is 0 Å². The van der Waals surface area contributed by atoms with Gasteiger partial charge in [-0.25, -0.2) is 9.67 Å². The first kappa shape index (κ1) is 15.9. The number of hydrogen-bond acceptors (Lipinski definition) is 5. The van der Waals surface area contributed by atoms with Crippen molar-refractivity contribution in [3.63, 3.8) is 0 Å². The summed E-state index contributed by atoms with van der Waals surface area (Å²) in [5, 5.41) is 10.8. The summed E-state index contributed by atoms with van der Waals surface area (Å²) in [6.45, 7) is 5.97. The highest BCUT2D eigenvalue weighted by Gasteiger charge is 2.10. The third-order valence-corrected chi connectivity index (χ3v) is 3.97. The smallest absolute Gasteiger partial charge is 0.255 e. The van der Waals surface area contributed by atoms with Gasteiger partial charge in [0.05, 0.1) is 17.4 Å². The van der Waals surface area contributed by atoms with Crippen LogP contribution in [0.25, 0.3) is 11.0 Å². The number of hydrogen-bond donors (Lipinski definition) is 1. The van der Waals surface area contributed by atoms with Gasteiger partial charge in [0.2, 0.25) is 0 Å². The lowest BCUT2D eigenvalue weighted by Crippen LogP contribution is -2.22. The van der Waals surface area contributed by atoms with E-state index in [1.165, 1.54) is 0 Å². The van der Waals surface area contributed by atoms with E-state index >= 15 is 0 Å². The van der Waals surface area contributed by atoms with Crippen LogP contribution in [-0.4, -0.2) is 39.0 Å². The molecule has 0 aliphatic rings. The van der Waals surface area contributed by atoms with Crippen molar-refractivity contribution in [2.45, 2.75) is 13.8 Å². The van der Waals surface area contributed by atoms with Gasteiger partial charge in [-0.05, 0) is 44.2 Å². The average Bonchev–Trinajstić information content (AvgIpc) is 2.98. The summed E-state index contributed by atoms with van der Waals surface area (Å²) >= 11 is 0. The molecule has 0 saturated heterocycles. The van der Waals surface area contributed by atoms with E-state index in [9.17, 15) is 4.79 Å². The van der Waals surface area contributed by atoms with Crippen molar-refractivity contribution in [2.75, 3.05) is 23.3 Å². The first-order valence-electron chi connectivity index (χ1n) is 7.94. The zero-order chi connectivity index (χ0) is 17.1. The number of carbonyl (C=O) groups is 1. The first-order valence-corrected chi connectivity index (χ1v) is 7.94. The number of anilines is 2. The lowest BCUT2D eigenvalue weighted by molar-refractivity contribution is 0.102. The predicted octanol–water partition coefficient (Wildman–Crippen LogP) is 2.46. The molecule has 0 unspecified atom stereocenters. The van der Waals surface area contributed by atoms with Crippen LogP contribution < -0.4 is 10.2 Å². The van der Waals surface area contributed by atoms with E-state index < -0.39 is 0 Å². The van der Waals surface area contributed by atoms with Crippen LogP contribution >= 0.6 is 0 Å². The van der Waals surface area contributed by atoms with Crippen molar-refractivity contribution >= 4 is 28.4 Å². The molecule has 2 aromatic heterocycles. The highest BCUT2D eigenvalue weighted by molar-refractivity contribution is 6.05. The summed E-state index contributed by atoms with van der Waals surface area (Å²) in [7, 11) is 1.82. The Balaban J connectivity index is 1.75. The van der Waals surface area contributed by atoms with Gasteiger partial charge in [0.15, 0.2) is 0 Å². The van der Waals surface area contributed by atoms with Crippen LogP contribution in [0.5, 0.6) is 0 Å². The lowest BCUT2D eigenvalue weighted by atomic mass is 10.2. The topological polar surface area (TPSA) is 75.9 Å². The Morgan fingerprint density at radius 1 is 1.21 bits per heavy atom. The van der Waals surface area contributed by atoms with E-state index in [-0.39, 0.29) is 5.91 Å². The van der Waals surface area contributed by atoms with Gasteiger partial charge in [0, 0.05) is 25.7 Å². The van der Waals surface area contributed by atoms with E-state index in [4.69, 9.17) is 0 Å². The zero-order valence-corrected chi connectivity index (χ0v) is 14.0. The molecule has 0 atom stereocenters. The quantitative estimate of drug-likeness (QED) is 0.780. The summed E-state index contributed by atoms with van der Waals surface area (Å²) in [5.74, 6) is 0.707. The number of fused-ring (bicyclic) bond motifs is 1. The molecular formula is C17H20N6O. The number of benzene rings is 1. The van der Waals surface area contributed by atoms with Crippen molar-refractivity contribution in [3.8, 4) is 0 Å². The molecule has 0 radical (unpaired) electrons. The Kier molecular flexibility index (Phi) is 4.41. The zero-order valence-electron chi connectivity index (χ0n) is 14.0. The molecule has 3 rings (SSSR count). The maximum Gasteiger partial charge on any atom is 0.255 e. The van der Waals surface area contributed by atoms with E-state index in [0.717, 1.165) is 24.4 Å². The number of aromatic nitrogens is 4. The van der Waals surface area contributed by atoms with Gasteiger partial charge in [-0.3, -0.25) is 4.79 Å². The molecular weight excluding hydrogens is 304 g/mol. The fourth-order valence-electron chi connectivity index (χ4n) is 2.58. The van der Waals surface area contributed by atoms with Gasteiger partial charge in [-0.2, -0.15) is 0 Å². The minimum atomic E-state index is -0.194. The van der Waals surface area contributed by atoms with E-state index in [0.29, 0.717) is 16.8 Å². The maximum absolute atomic E-state index is 12.4. The van der Waals surface area contributed by atoms with E-state index in [1.54, 1.807) is 23.0 Å². The minimum Gasteiger partial charge on any atom is -0.357 e. The van der Waals surface area contributed by atoms with Crippen LogP contribution in [0.4, 0.5) is 11.5 Å². The maximum atomic E-state index is 12.4. The van der Waals surface area contributed by atoms with Crippen LogP contribution in [0.15, 0.2) is 36.5 Å². The third-order valence-electron chi connectivity index (χ3n) is 3.97. The van der Waals surface area contributed by atoms with Crippen LogP contribution in [0.1, 0.15) is 24.2 Å². The van der Waals surface area contributed by atoms with E-state index in [1.807, 2.05) is 25.2 Å². The highest BCUT2D eigenvalue weighted by Crippen LogP contribution is 2.16. The number of aryl methyl sites for hydroxylation is 1. The molecule has 7 nitrogen and oxygen atoms in total. The average molecular weight is 324 g/mol. The van der Waals surface area contributed by atoms with Gasteiger partial charge in [-0.15, -0.1) is 5.10 Å². The third kappa shape index (κ3) is 3.05. The molecule has 3 aromatic rings. The Labute approximate surface area is 140 Å². The molecule has 0 saturated carbocycles. The normalized spacial score (nSPS) is 10.8. The SMILES string of the molecule is CCN(CC)c1ccc(NC(=O)c2ccc3c(c2)nnn3C)cn1. The first-order chi connectivity index (χ1) is 11.6. The van der Waals surface area contributed by atoms with Crippen LogP contribution in [-0.2, 0) is 7.05 Å². The molecule has 24 heavy (non-hydrogen) atoms. The van der Waals surface area contributed by atoms with Crippen molar-refractivity contribution in [2.24, 2.45) is 7.05 Å². The molecule has 0 aliphatic heterocycles. The van der Waals surface area contributed by atoms with Gasteiger partial charge < -0.3 is 10.2 Å². The van der Waals surface area contributed by atoms with Crippen LogP contribution in [0, 0.1) is 0 Å². The molecule has 7 heteroatoms. The molecule has 0 fully saturated rings. The number of amides is 1. The predicted molar refractivity (Wildman–Crippen MR) is 94.3 cm³/mol. The highest BCUT2D eigenvalue weighted by atomic mass is 16.1. The number of nitrogens with zero attached hydrogens (tertiary/aromatic N) is 5. The van der Waals surface area contributed by atoms with E-state index in [2.05, 4.69) is 39.4 Å². The van der Waals surface area contributed by atoms with Gasteiger partial charge in [0.1, 0.15) is 11.3 Å². The Bertz CT molecular complexity index is 851. The van der Waals surface area contributed by atoms with Crippen molar-refractivity contribution in [3.05, 3.63) is 42.1 Å². The standard InChI is InChI=1S/C17H20N6O/c1-4-23(5-2)16-9-7-13(11-18-16)19-17(24)12-6-8-15-14(10-12)20-21-22(15)3/h6-11H,4-5H2,1-3H3,(H,19,24).